The third-order valence-electron chi connectivity index (χ3n) is 11.6. The highest BCUT2D eigenvalue weighted by atomic mass is 32.1. The zero-order valence-corrected chi connectivity index (χ0v) is 31.6. The van der Waals surface area contributed by atoms with E-state index in [1.807, 2.05) is 23.5 Å². The molecular formula is C54H33NOS. The zero-order chi connectivity index (χ0) is 37.5. The van der Waals surface area contributed by atoms with Crippen LogP contribution in [-0.2, 0) is 0 Å². The number of para-hydroxylation sites is 1. The van der Waals surface area contributed by atoms with Gasteiger partial charge in [0.25, 0.3) is 0 Å². The number of furan rings is 1. The Morgan fingerprint density at radius 2 is 1.00 bits per heavy atom. The topological polar surface area (TPSA) is 16.4 Å². The van der Waals surface area contributed by atoms with Gasteiger partial charge in [0.15, 0.2) is 0 Å². The molecule has 0 aliphatic rings. The van der Waals surface area contributed by atoms with Gasteiger partial charge >= 0.3 is 0 Å². The highest BCUT2D eigenvalue weighted by Gasteiger charge is 2.26. The Labute approximate surface area is 333 Å². The predicted molar refractivity (Wildman–Crippen MR) is 245 cm³/mol. The summed E-state index contributed by atoms with van der Waals surface area (Å²) in [4.78, 5) is 2.54. The smallest absolute Gasteiger partial charge is 0.136 e. The zero-order valence-electron chi connectivity index (χ0n) is 30.8. The molecule has 0 radical (unpaired) electrons. The van der Waals surface area contributed by atoms with Crippen LogP contribution < -0.4 is 4.90 Å². The quantitative estimate of drug-likeness (QED) is 0.163. The lowest BCUT2D eigenvalue weighted by molar-refractivity contribution is 0.669. The minimum atomic E-state index is 0.894. The van der Waals surface area contributed by atoms with Crippen molar-refractivity contribution < 1.29 is 4.42 Å². The van der Waals surface area contributed by atoms with Gasteiger partial charge in [0.2, 0.25) is 0 Å². The van der Waals surface area contributed by atoms with Crippen LogP contribution in [0.4, 0.5) is 17.1 Å². The Kier molecular flexibility index (Phi) is 7.13. The van der Waals surface area contributed by atoms with Gasteiger partial charge < -0.3 is 9.32 Å². The van der Waals surface area contributed by atoms with Crippen molar-refractivity contribution in [3.05, 3.63) is 200 Å². The minimum absolute atomic E-state index is 0.894. The van der Waals surface area contributed by atoms with Gasteiger partial charge in [0.05, 0.1) is 16.1 Å². The maximum absolute atomic E-state index is 6.38. The molecule has 0 atom stereocenters. The highest BCUT2D eigenvalue weighted by Crippen LogP contribution is 2.52. The van der Waals surface area contributed by atoms with Crippen molar-refractivity contribution in [2.45, 2.75) is 0 Å². The van der Waals surface area contributed by atoms with E-state index in [2.05, 4.69) is 193 Å². The van der Waals surface area contributed by atoms with E-state index < -0.39 is 0 Å². The molecule has 266 valence electrons. The van der Waals surface area contributed by atoms with Crippen LogP contribution in [0.15, 0.2) is 205 Å². The fourth-order valence-corrected chi connectivity index (χ4v) is 10.2. The van der Waals surface area contributed by atoms with Crippen LogP contribution in [0.25, 0.3) is 96.7 Å². The lowest BCUT2D eigenvalue weighted by atomic mass is 9.89. The van der Waals surface area contributed by atoms with Crippen molar-refractivity contribution in [1.82, 2.24) is 0 Å². The molecule has 0 bridgehead atoms. The Balaban J connectivity index is 1.19. The van der Waals surface area contributed by atoms with Crippen LogP contribution >= 0.6 is 11.3 Å². The van der Waals surface area contributed by atoms with Crippen molar-refractivity contribution in [2.24, 2.45) is 0 Å². The molecule has 12 rings (SSSR count). The van der Waals surface area contributed by atoms with Crippen molar-refractivity contribution >= 4 is 103 Å². The summed E-state index contributed by atoms with van der Waals surface area (Å²) in [6.45, 7) is 0. The summed E-state index contributed by atoms with van der Waals surface area (Å²) in [5.74, 6) is 0. The van der Waals surface area contributed by atoms with Gasteiger partial charge in [-0.15, -0.1) is 11.3 Å². The number of thiophene rings is 1. The van der Waals surface area contributed by atoms with Crippen LogP contribution in [-0.4, -0.2) is 0 Å². The second-order valence-corrected chi connectivity index (χ2v) is 15.9. The van der Waals surface area contributed by atoms with Gasteiger partial charge in [-0.2, -0.15) is 0 Å². The number of rotatable bonds is 5. The van der Waals surface area contributed by atoms with E-state index in [1.54, 1.807) is 0 Å². The molecule has 3 heteroatoms. The molecule has 0 unspecified atom stereocenters. The first kappa shape index (κ1) is 32.1. The molecule has 12 aromatic rings. The number of fused-ring (bicyclic) bond motifs is 10. The Morgan fingerprint density at radius 3 is 1.88 bits per heavy atom. The third-order valence-corrected chi connectivity index (χ3v) is 12.8. The maximum atomic E-state index is 6.38. The number of benzene rings is 10. The van der Waals surface area contributed by atoms with Crippen molar-refractivity contribution in [3.63, 3.8) is 0 Å². The second kappa shape index (κ2) is 12.7. The SMILES string of the molecule is c1cc(-c2ccc3c(c2)oc2ccccc23)cc(N(c2c(-c3ccc4ccccc4c3)c3ccccc3c3ccccc23)c2cccc3c2sc2ccccc23)c1. The summed E-state index contributed by atoms with van der Waals surface area (Å²) in [5, 5.41) is 12.2. The molecule has 0 fully saturated rings. The number of hydrogen-bond donors (Lipinski definition) is 0. The fraction of sp³-hybridized carbons (Fsp3) is 0. The summed E-state index contributed by atoms with van der Waals surface area (Å²) in [6, 6.07) is 73.0. The first-order chi connectivity index (χ1) is 28.3. The van der Waals surface area contributed by atoms with Crippen molar-refractivity contribution in [2.75, 3.05) is 4.90 Å². The molecule has 0 saturated heterocycles. The molecule has 0 saturated carbocycles. The minimum Gasteiger partial charge on any atom is -0.456 e. The van der Waals surface area contributed by atoms with E-state index in [0.29, 0.717) is 0 Å². The fourth-order valence-electron chi connectivity index (χ4n) is 9.02. The molecular weight excluding hydrogens is 711 g/mol. The van der Waals surface area contributed by atoms with E-state index in [4.69, 9.17) is 4.42 Å². The molecule has 0 aliphatic heterocycles. The first-order valence-electron chi connectivity index (χ1n) is 19.4. The Hall–Kier alpha value is -7.20. The summed E-state index contributed by atoms with van der Waals surface area (Å²) in [7, 11) is 0. The predicted octanol–water partition coefficient (Wildman–Crippen LogP) is 16.2. The van der Waals surface area contributed by atoms with Crippen LogP contribution in [0.3, 0.4) is 0 Å². The van der Waals surface area contributed by atoms with E-state index in [1.165, 1.54) is 63.6 Å². The van der Waals surface area contributed by atoms with Crippen LogP contribution in [0, 0.1) is 0 Å². The number of hydrogen-bond acceptors (Lipinski definition) is 3. The molecule has 0 aliphatic carbocycles. The van der Waals surface area contributed by atoms with Gasteiger partial charge in [0, 0.05) is 42.9 Å². The molecule has 2 nitrogen and oxygen atoms in total. The lowest BCUT2D eigenvalue weighted by Gasteiger charge is -2.31. The van der Waals surface area contributed by atoms with E-state index in [-0.39, 0.29) is 0 Å². The maximum Gasteiger partial charge on any atom is 0.136 e. The standard InChI is InChI=1S/C54H33NOS/c1-2-14-35-31-38(28-27-34(35)13-1)52-45-21-5-3-17-40(45)41-18-4-6-22-46(41)53(52)55(48-24-12-23-47-44-20-8-10-26-51(44)57-54(47)48)39-16-11-15-36(32-39)37-29-30-43-42-19-7-9-25-49(42)56-50(43)33-37/h1-33H. The summed E-state index contributed by atoms with van der Waals surface area (Å²) < 4.78 is 8.93. The molecule has 57 heavy (non-hydrogen) atoms. The Bertz CT molecular complexity index is 3550. The van der Waals surface area contributed by atoms with Crippen molar-refractivity contribution in [3.8, 4) is 22.3 Å². The van der Waals surface area contributed by atoms with E-state index >= 15 is 0 Å². The number of anilines is 3. The van der Waals surface area contributed by atoms with Gasteiger partial charge in [0.1, 0.15) is 11.2 Å². The molecule has 0 spiro atoms. The summed E-state index contributed by atoms with van der Waals surface area (Å²) >= 11 is 1.87. The van der Waals surface area contributed by atoms with Gasteiger partial charge in [-0.25, -0.2) is 0 Å². The molecule has 10 aromatic carbocycles. The second-order valence-electron chi connectivity index (χ2n) is 14.8. The van der Waals surface area contributed by atoms with Crippen LogP contribution in [0.1, 0.15) is 0 Å². The average molecular weight is 744 g/mol. The molecule has 0 amide bonds. The lowest BCUT2D eigenvalue weighted by Crippen LogP contribution is -2.12. The normalized spacial score (nSPS) is 11.9. The van der Waals surface area contributed by atoms with Gasteiger partial charge in [-0.05, 0) is 92.2 Å². The first-order valence-corrected chi connectivity index (χ1v) is 20.2. The number of nitrogens with zero attached hydrogens (tertiary/aromatic N) is 1. The molecule has 2 aromatic heterocycles. The highest BCUT2D eigenvalue weighted by molar-refractivity contribution is 7.26. The van der Waals surface area contributed by atoms with Crippen LogP contribution in [0.2, 0.25) is 0 Å². The van der Waals surface area contributed by atoms with Gasteiger partial charge in [-0.3, -0.25) is 0 Å². The van der Waals surface area contributed by atoms with E-state index in [0.717, 1.165) is 50.1 Å². The summed E-state index contributed by atoms with van der Waals surface area (Å²) in [6.07, 6.45) is 0. The molecule has 2 heterocycles. The van der Waals surface area contributed by atoms with Crippen LogP contribution in [0.5, 0.6) is 0 Å². The Morgan fingerprint density at radius 1 is 0.368 bits per heavy atom. The van der Waals surface area contributed by atoms with E-state index in [9.17, 15) is 0 Å². The third kappa shape index (κ3) is 5.03. The van der Waals surface area contributed by atoms with Gasteiger partial charge in [-0.1, -0.05) is 152 Å². The monoisotopic (exact) mass is 743 g/mol. The average Bonchev–Trinajstić information content (AvgIpc) is 3.85. The largest absolute Gasteiger partial charge is 0.456 e. The molecule has 0 N–H and O–H groups in total. The summed E-state index contributed by atoms with van der Waals surface area (Å²) in [5.41, 5.74) is 9.84. The van der Waals surface area contributed by atoms with Crippen molar-refractivity contribution in [1.29, 1.82) is 0 Å².